The molecule has 1 N–H and O–H groups in total. The molecule has 122 valence electrons. The molecule has 0 saturated carbocycles. The van der Waals surface area contributed by atoms with Crippen LogP contribution >= 0.6 is 23.2 Å². The predicted molar refractivity (Wildman–Crippen MR) is 93.2 cm³/mol. The molecule has 2 rings (SSSR count). The van der Waals surface area contributed by atoms with E-state index in [2.05, 4.69) is 0 Å². The minimum Gasteiger partial charge on any atom is -0.489 e. The molecular formula is C18H18Cl2O3. The monoisotopic (exact) mass is 352 g/mol. The first-order valence-electron chi connectivity index (χ1n) is 7.12. The van der Waals surface area contributed by atoms with Crippen molar-refractivity contribution in [3.63, 3.8) is 0 Å². The summed E-state index contributed by atoms with van der Waals surface area (Å²) in [5, 5.41) is 9.90. The Kier molecular flexibility index (Phi) is 6.78. The maximum absolute atomic E-state index is 9.48. The summed E-state index contributed by atoms with van der Waals surface area (Å²) in [6.07, 6.45) is 0. The number of benzene rings is 2. The Morgan fingerprint density at radius 3 is 2.52 bits per heavy atom. The molecule has 0 radical (unpaired) electrons. The first kappa shape index (κ1) is 17.7. The summed E-state index contributed by atoms with van der Waals surface area (Å²) in [7, 11) is 0. The Morgan fingerprint density at radius 1 is 1.13 bits per heavy atom. The van der Waals surface area contributed by atoms with Gasteiger partial charge in [-0.2, -0.15) is 0 Å². The van der Waals surface area contributed by atoms with Crippen LogP contribution in [0.25, 0.3) is 0 Å². The molecule has 0 heterocycles. The maximum atomic E-state index is 9.48. The maximum Gasteiger partial charge on any atom is 0.125 e. The molecule has 5 heteroatoms. The minimum atomic E-state index is -0.00221. The smallest absolute Gasteiger partial charge is 0.125 e. The van der Waals surface area contributed by atoms with Crippen molar-refractivity contribution in [1.82, 2.24) is 0 Å². The van der Waals surface area contributed by atoms with Crippen molar-refractivity contribution in [3.05, 3.63) is 69.7 Å². The van der Waals surface area contributed by atoms with Gasteiger partial charge in [0.15, 0.2) is 0 Å². The molecule has 0 atom stereocenters. The molecule has 0 unspecified atom stereocenters. The van der Waals surface area contributed by atoms with Gasteiger partial charge in [0.2, 0.25) is 0 Å². The molecule has 0 aliphatic rings. The summed E-state index contributed by atoms with van der Waals surface area (Å²) < 4.78 is 11.3. The summed E-state index contributed by atoms with van der Waals surface area (Å²) in [5.41, 5.74) is 4.19. The second-order valence-corrected chi connectivity index (χ2v) is 5.68. The zero-order chi connectivity index (χ0) is 16.7. The van der Waals surface area contributed by atoms with Gasteiger partial charge in [-0.1, -0.05) is 47.5 Å². The highest BCUT2D eigenvalue weighted by Crippen LogP contribution is 2.22. The van der Waals surface area contributed by atoms with E-state index >= 15 is 0 Å². The standard InChI is InChI=1S/C18H18Cl2O3/c1-13-4-2-5-14(18(13)10-21)11-22-16-6-3-7-17(8-16)23-12-15(20)9-19/h2-9,21H,10-12H2,1H3. The van der Waals surface area contributed by atoms with E-state index in [0.29, 0.717) is 23.1 Å². The molecule has 2 aromatic carbocycles. The molecule has 0 aliphatic heterocycles. The third kappa shape index (κ3) is 5.17. The van der Waals surface area contributed by atoms with E-state index in [1.165, 1.54) is 5.54 Å². The average molecular weight is 353 g/mol. The molecule has 0 aliphatic carbocycles. The number of aliphatic hydroxyl groups is 1. The molecule has 0 saturated heterocycles. The van der Waals surface area contributed by atoms with Crippen molar-refractivity contribution in [1.29, 1.82) is 0 Å². The van der Waals surface area contributed by atoms with Crippen molar-refractivity contribution in [2.75, 3.05) is 6.61 Å². The number of aryl methyl sites for hydroxylation is 1. The minimum absolute atomic E-state index is 0.00221. The summed E-state index contributed by atoms with van der Waals surface area (Å²) in [5.74, 6) is 1.32. The number of hydrogen-bond acceptors (Lipinski definition) is 3. The topological polar surface area (TPSA) is 38.7 Å². The van der Waals surface area contributed by atoms with Gasteiger partial charge in [-0.15, -0.1) is 0 Å². The van der Waals surface area contributed by atoms with Crippen molar-refractivity contribution < 1.29 is 14.6 Å². The van der Waals surface area contributed by atoms with E-state index in [-0.39, 0.29) is 13.2 Å². The lowest BCUT2D eigenvalue weighted by Crippen LogP contribution is -2.02. The summed E-state index contributed by atoms with van der Waals surface area (Å²) in [4.78, 5) is 0. The van der Waals surface area contributed by atoms with Crippen molar-refractivity contribution in [2.24, 2.45) is 0 Å². The van der Waals surface area contributed by atoms with Crippen LogP contribution in [0, 0.1) is 6.92 Å². The van der Waals surface area contributed by atoms with Crippen molar-refractivity contribution in [2.45, 2.75) is 20.1 Å². The van der Waals surface area contributed by atoms with Gasteiger partial charge >= 0.3 is 0 Å². The molecule has 0 amide bonds. The van der Waals surface area contributed by atoms with Crippen LogP contribution in [0.1, 0.15) is 16.7 Å². The third-order valence-corrected chi connectivity index (χ3v) is 3.95. The third-order valence-electron chi connectivity index (χ3n) is 3.36. The first-order valence-corrected chi connectivity index (χ1v) is 7.94. The van der Waals surface area contributed by atoms with Gasteiger partial charge < -0.3 is 14.6 Å². The lowest BCUT2D eigenvalue weighted by molar-refractivity contribution is 0.268. The van der Waals surface area contributed by atoms with E-state index in [4.69, 9.17) is 32.7 Å². The number of ether oxygens (including phenoxy) is 2. The van der Waals surface area contributed by atoms with Crippen LogP contribution in [0.4, 0.5) is 0 Å². The van der Waals surface area contributed by atoms with Crippen LogP contribution in [0.15, 0.2) is 53.0 Å². The van der Waals surface area contributed by atoms with E-state index < -0.39 is 0 Å². The Labute approximate surface area is 146 Å². The molecule has 3 nitrogen and oxygen atoms in total. The van der Waals surface area contributed by atoms with Crippen LogP contribution in [-0.4, -0.2) is 11.7 Å². The van der Waals surface area contributed by atoms with Crippen LogP contribution in [-0.2, 0) is 13.2 Å². The van der Waals surface area contributed by atoms with Crippen LogP contribution in [0.3, 0.4) is 0 Å². The lowest BCUT2D eigenvalue weighted by atomic mass is 10.0. The number of aliphatic hydroxyl groups excluding tert-OH is 1. The van der Waals surface area contributed by atoms with Gasteiger partial charge in [0.25, 0.3) is 0 Å². The Balaban J connectivity index is 2.02. The number of hydrogen-bond donors (Lipinski definition) is 1. The van der Waals surface area contributed by atoms with Gasteiger partial charge in [-0.05, 0) is 35.7 Å². The molecule has 23 heavy (non-hydrogen) atoms. The Morgan fingerprint density at radius 2 is 1.83 bits per heavy atom. The highest BCUT2D eigenvalue weighted by atomic mass is 35.5. The van der Waals surface area contributed by atoms with Gasteiger partial charge in [0.05, 0.1) is 11.6 Å². The molecule has 0 aromatic heterocycles. The Bertz CT molecular complexity index is 684. The number of halogens is 2. The SMILES string of the molecule is Cc1cccc(COc2cccc(OCC(Cl)=CCl)c2)c1CO. The van der Waals surface area contributed by atoms with E-state index in [0.717, 1.165) is 16.7 Å². The van der Waals surface area contributed by atoms with Gasteiger partial charge in [0, 0.05) is 11.6 Å². The first-order chi connectivity index (χ1) is 11.1. The van der Waals surface area contributed by atoms with E-state index in [9.17, 15) is 5.11 Å². The van der Waals surface area contributed by atoms with E-state index in [1.54, 1.807) is 6.07 Å². The fraction of sp³-hybridized carbons (Fsp3) is 0.222. The van der Waals surface area contributed by atoms with Crippen LogP contribution in [0.2, 0.25) is 0 Å². The molecule has 2 aromatic rings. The van der Waals surface area contributed by atoms with Crippen LogP contribution in [0.5, 0.6) is 11.5 Å². The van der Waals surface area contributed by atoms with Crippen molar-refractivity contribution >= 4 is 23.2 Å². The van der Waals surface area contributed by atoms with Gasteiger partial charge in [-0.3, -0.25) is 0 Å². The fourth-order valence-electron chi connectivity index (χ4n) is 2.12. The lowest BCUT2D eigenvalue weighted by Gasteiger charge is -2.13. The molecular weight excluding hydrogens is 335 g/mol. The quantitative estimate of drug-likeness (QED) is 0.780. The highest BCUT2D eigenvalue weighted by molar-refractivity contribution is 6.36. The molecule has 0 fully saturated rings. The van der Waals surface area contributed by atoms with E-state index in [1.807, 2.05) is 43.3 Å². The number of rotatable bonds is 7. The van der Waals surface area contributed by atoms with Crippen LogP contribution < -0.4 is 9.47 Å². The zero-order valence-corrected chi connectivity index (χ0v) is 14.3. The summed E-state index contributed by atoms with van der Waals surface area (Å²) in [6.45, 7) is 2.56. The summed E-state index contributed by atoms with van der Waals surface area (Å²) in [6, 6.07) is 13.2. The van der Waals surface area contributed by atoms with Gasteiger partial charge in [0.1, 0.15) is 24.7 Å². The average Bonchev–Trinajstić information content (AvgIpc) is 2.58. The van der Waals surface area contributed by atoms with Crippen molar-refractivity contribution in [3.8, 4) is 11.5 Å². The second-order valence-electron chi connectivity index (χ2n) is 4.98. The largest absolute Gasteiger partial charge is 0.489 e. The second kappa shape index (κ2) is 8.82. The van der Waals surface area contributed by atoms with Gasteiger partial charge in [-0.25, -0.2) is 0 Å². The highest BCUT2D eigenvalue weighted by Gasteiger charge is 2.06. The fourth-order valence-corrected chi connectivity index (χ4v) is 2.24. The Hall–Kier alpha value is -1.68. The predicted octanol–water partition coefficient (Wildman–Crippen LogP) is 4.76. The molecule has 0 bridgehead atoms. The zero-order valence-electron chi connectivity index (χ0n) is 12.8. The normalized spacial score (nSPS) is 11.4. The molecule has 0 spiro atoms. The summed E-state index contributed by atoms with van der Waals surface area (Å²) >= 11 is 11.3.